The molecule has 3 rings (SSSR count). The summed E-state index contributed by atoms with van der Waals surface area (Å²) in [5, 5.41) is 0. The van der Waals surface area contributed by atoms with Crippen molar-refractivity contribution >= 4 is 11.0 Å². The molecule has 3 heteroatoms. The van der Waals surface area contributed by atoms with E-state index in [0.717, 1.165) is 22.4 Å². The minimum absolute atomic E-state index is 0.0538. The van der Waals surface area contributed by atoms with Crippen molar-refractivity contribution in [3.63, 3.8) is 0 Å². The largest absolute Gasteiger partial charge is 0.323 e. The maximum Gasteiger partial charge on any atom is 0.107 e. The molecule has 1 heterocycles. The molecule has 2 N–H and O–H groups in total. The van der Waals surface area contributed by atoms with Gasteiger partial charge >= 0.3 is 0 Å². The number of hydrogen-bond donors (Lipinski definition) is 1. The number of para-hydroxylation sites is 2. The molecule has 0 saturated heterocycles. The van der Waals surface area contributed by atoms with E-state index in [4.69, 9.17) is 5.73 Å². The van der Waals surface area contributed by atoms with Gasteiger partial charge in [0.15, 0.2) is 0 Å². The van der Waals surface area contributed by atoms with Crippen LogP contribution in [-0.2, 0) is 0 Å². The van der Waals surface area contributed by atoms with Gasteiger partial charge in [-0.1, -0.05) is 42.0 Å². The van der Waals surface area contributed by atoms with Crippen LogP contribution in [0, 0.1) is 13.8 Å². The standard InChI is InChI=1S/C18H21N3/c1-12-8-10-15(11-9-12)18(19)13(2)21-14(3)20-16-6-4-5-7-17(16)21/h4-11,13,18H,19H2,1-3H3. The molecule has 108 valence electrons. The van der Waals surface area contributed by atoms with Crippen LogP contribution in [0.5, 0.6) is 0 Å². The van der Waals surface area contributed by atoms with Crippen molar-refractivity contribution < 1.29 is 0 Å². The normalized spacial score (nSPS) is 14.3. The van der Waals surface area contributed by atoms with Crippen LogP contribution in [-0.4, -0.2) is 9.55 Å². The van der Waals surface area contributed by atoms with Gasteiger partial charge in [0.1, 0.15) is 5.82 Å². The molecule has 0 spiro atoms. The lowest BCUT2D eigenvalue weighted by atomic mass is 10.00. The van der Waals surface area contributed by atoms with Gasteiger partial charge in [-0.3, -0.25) is 0 Å². The Morgan fingerprint density at radius 2 is 1.67 bits per heavy atom. The summed E-state index contributed by atoms with van der Waals surface area (Å²) in [5.74, 6) is 1.01. The van der Waals surface area contributed by atoms with E-state index >= 15 is 0 Å². The molecule has 2 unspecified atom stereocenters. The highest BCUT2D eigenvalue weighted by molar-refractivity contribution is 5.76. The summed E-state index contributed by atoms with van der Waals surface area (Å²) >= 11 is 0. The van der Waals surface area contributed by atoms with Crippen molar-refractivity contribution in [3.05, 3.63) is 65.5 Å². The van der Waals surface area contributed by atoms with Gasteiger partial charge in [0.2, 0.25) is 0 Å². The highest BCUT2D eigenvalue weighted by Crippen LogP contribution is 2.29. The molecule has 1 aromatic heterocycles. The number of hydrogen-bond acceptors (Lipinski definition) is 2. The van der Waals surface area contributed by atoms with Gasteiger partial charge in [-0.25, -0.2) is 4.98 Å². The second-order valence-electron chi connectivity index (χ2n) is 5.69. The Labute approximate surface area is 125 Å². The lowest BCUT2D eigenvalue weighted by molar-refractivity contribution is 0.455. The predicted octanol–water partition coefficient (Wildman–Crippen LogP) is 3.91. The van der Waals surface area contributed by atoms with Gasteiger partial charge in [-0.05, 0) is 38.5 Å². The third-order valence-electron chi connectivity index (χ3n) is 4.16. The van der Waals surface area contributed by atoms with E-state index in [0.29, 0.717) is 0 Å². The van der Waals surface area contributed by atoms with Crippen molar-refractivity contribution in [1.29, 1.82) is 0 Å². The Bertz CT molecular complexity index is 756. The molecule has 0 aliphatic carbocycles. The summed E-state index contributed by atoms with van der Waals surface area (Å²) in [6, 6.07) is 16.8. The third kappa shape index (κ3) is 2.45. The lowest BCUT2D eigenvalue weighted by Gasteiger charge is -2.24. The van der Waals surface area contributed by atoms with Gasteiger partial charge in [0.25, 0.3) is 0 Å². The zero-order chi connectivity index (χ0) is 15.0. The Kier molecular flexibility index (Phi) is 3.52. The van der Waals surface area contributed by atoms with E-state index < -0.39 is 0 Å². The molecule has 0 amide bonds. The van der Waals surface area contributed by atoms with E-state index in [-0.39, 0.29) is 12.1 Å². The SMILES string of the molecule is Cc1ccc(C(N)C(C)n2c(C)nc3ccccc32)cc1. The number of aryl methyl sites for hydroxylation is 2. The van der Waals surface area contributed by atoms with E-state index in [9.17, 15) is 0 Å². The molecule has 2 atom stereocenters. The van der Waals surface area contributed by atoms with Gasteiger partial charge in [0.05, 0.1) is 23.1 Å². The van der Waals surface area contributed by atoms with Crippen LogP contribution in [0.1, 0.15) is 36.0 Å². The van der Waals surface area contributed by atoms with Crippen molar-refractivity contribution in [3.8, 4) is 0 Å². The van der Waals surface area contributed by atoms with Crippen molar-refractivity contribution in [2.75, 3.05) is 0 Å². The average molecular weight is 279 g/mol. The van der Waals surface area contributed by atoms with Crippen LogP contribution in [0.4, 0.5) is 0 Å². The fourth-order valence-electron chi connectivity index (χ4n) is 2.91. The number of nitrogens with zero attached hydrogens (tertiary/aromatic N) is 2. The fraction of sp³-hybridized carbons (Fsp3) is 0.278. The minimum atomic E-state index is -0.0538. The number of imidazole rings is 1. The van der Waals surface area contributed by atoms with Crippen LogP contribution in [0.15, 0.2) is 48.5 Å². The van der Waals surface area contributed by atoms with E-state index in [1.54, 1.807) is 0 Å². The maximum absolute atomic E-state index is 6.49. The molecule has 21 heavy (non-hydrogen) atoms. The van der Waals surface area contributed by atoms with Gasteiger partial charge < -0.3 is 10.3 Å². The maximum atomic E-state index is 6.49. The average Bonchev–Trinajstić information content (AvgIpc) is 2.82. The van der Waals surface area contributed by atoms with Crippen LogP contribution < -0.4 is 5.73 Å². The number of rotatable bonds is 3. The van der Waals surface area contributed by atoms with Crippen molar-refractivity contribution in [1.82, 2.24) is 9.55 Å². The smallest absolute Gasteiger partial charge is 0.107 e. The molecular weight excluding hydrogens is 258 g/mol. The van der Waals surface area contributed by atoms with Gasteiger partial charge in [-0.15, -0.1) is 0 Å². The number of nitrogens with two attached hydrogens (primary N) is 1. The molecule has 3 nitrogen and oxygen atoms in total. The summed E-state index contributed by atoms with van der Waals surface area (Å²) in [7, 11) is 0. The van der Waals surface area contributed by atoms with Crippen LogP contribution in [0.25, 0.3) is 11.0 Å². The highest BCUT2D eigenvalue weighted by atomic mass is 15.1. The summed E-state index contributed by atoms with van der Waals surface area (Å²) in [5.41, 5.74) is 11.1. The quantitative estimate of drug-likeness (QED) is 0.790. The molecule has 0 fully saturated rings. The first-order valence-corrected chi connectivity index (χ1v) is 7.33. The Hall–Kier alpha value is -2.13. The Morgan fingerprint density at radius 3 is 2.38 bits per heavy atom. The molecule has 0 radical (unpaired) electrons. The molecule has 2 aromatic carbocycles. The minimum Gasteiger partial charge on any atom is -0.323 e. The Morgan fingerprint density at radius 1 is 1.00 bits per heavy atom. The predicted molar refractivity (Wildman–Crippen MR) is 87.3 cm³/mol. The molecule has 0 aliphatic heterocycles. The summed E-state index contributed by atoms with van der Waals surface area (Å²) in [6.45, 7) is 6.29. The van der Waals surface area contributed by atoms with E-state index in [2.05, 4.69) is 53.7 Å². The van der Waals surface area contributed by atoms with Gasteiger partial charge in [0, 0.05) is 0 Å². The van der Waals surface area contributed by atoms with E-state index in [1.807, 2.05) is 25.1 Å². The second-order valence-corrected chi connectivity index (χ2v) is 5.69. The van der Waals surface area contributed by atoms with Crippen LogP contribution in [0.3, 0.4) is 0 Å². The molecule has 0 bridgehead atoms. The first kappa shape index (κ1) is 13.8. The Balaban J connectivity index is 2.01. The van der Waals surface area contributed by atoms with Crippen LogP contribution >= 0.6 is 0 Å². The van der Waals surface area contributed by atoms with Crippen molar-refractivity contribution in [2.45, 2.75) is 32.9 Å². The third-order valence-corrected chi connectivity index (χ3v) is 4.16. The monoisotopic (exact) mass is 279 g/mol. The highest BCUT2D eigenvalue weighted by Gasteiger charge is 2.20. The number of fused-ring (bicyclic) bond motifs is 1. The fourth-order valence-corrected chi connectivity index (χ4v) is 2.91. The first-order valence-electron chi connectivity index (χ1n) is 7.33. The molecule has 0 aliphatic rings. The summed E-state index contributed by atoms with van der Waals surface area (Å²) < 4.78 is 2.24. The first-order chi connectivity index (χ1) is 10.1. The summed E-state index contributed by atoms with van der Waals surface area (Å²) in [6.07, 6.45) is 0. The number of aromatic nitrogens is 2. The van der Waals surface area contributed by atoms with E-state index in [1.165, 1.54) is 5.56 Å². The lowest BCUT2D eigenvalue weighted by Crippen LogP contribution is -2.23. The molecule has 3 aromatic rings. The molecular formula is C18H21N3. The van der Waals surface area contributed by atoms with Gasteiger partial charge in [-0.2, -0.15) is 0 Å². The van der Waals surface area contributed by atoms with Crippen molar-refractivity contribution in [2.24, 2.45) is 5.73 Å². The topological polar surface area (TPSA) is 43.8 Å². The molecule has 0 saturated carbocycles. The summed E-state index contributed by atoms with van der Waals surface area (Å²) in [4.78, 5) is 4.63. The zero-order valence-corrected chi connectivity index (χ0v) is 12.7. The zero-order valence-electron chi connectivity index (χ0n) is 12.7. The van der Waals surface area contributed by atoms with Crippen LogP contribution in [0.2, 0.25) is 0 Å². The number of benzene rings is 2. The second kappa shape index (κ2) is 5.34.